The summed E-state index contributed by atoms with van der Waals surface area (Å²) >= 11 is 0. The Balaban J connectivity index is 1.51. The van der Waals surface area contributed by atoms with Gasteiger partial charge in [-0.05, 0) is 69.4 Å². The maximum Gasteiger partial charge on any atom is 0.128 e. The monoisotopic (exact) mass is 288 g/mol. The average molecular weight is 288 g/mol. The van der Waals surface area contributed by atoms with E-state index in [1.807, 2.05) is 13.2 Å². The number of nitrogens with zero attached hydrogens (tertiary/aromatic N) is 3. The van der Waals surface area contributed by atoms with Crippen LogP contribution in [0.4, 0.5) is 5.82 Å². The van der Waals surface area contributed by atoms with Crippen molar-refractivity contribution in [1.29, 1.82) is 0 Å². The molecule has 1 aromatic rings. The lowest BCUT2D eigenvalue weighted by molar-refractivity contribution is 0.249. The van der Waals surface area contributed by atoms with Crippen LogP contribution in [0, 0.1) is 5.92 Å². The van der Waals surface area contributed by atoms with Crippen LogP contribution in [0.2, 0.25) is 0 Å². The highest BCUT2D eigenvalue weighted by Gasteiger charge is 2.23. The maximum atomic E-state index is 4.56. The van der Waals surface area contributed by atoms with Gasteiger partial charge in [-0.25, -0.2) is 4.98 Å². The molecule has 21 heavy (non-hydrogen) atoms. The molecule has 2 aliphatic heterocycles. The minimum absolute atomic E-state index is 0.889. The number of hydrogen-bond donors (Lipinski definition) is 1. The SMILES string of the molecule is CNCc1ccnc(N2CCC(CN3CCCC3)CC2)c1. The average Bonchev–Trinajstić information content (AvgIpc) is 3.02. The zero-order valence-corrected chi connectivity index (χ0v) is 13.2. The minimum atomic E-state index is 0.889. The maximum absolute atomic E-state index is 4.56. The molecule has 4 heteroatoms. The lowest BCUT2D eigenvalue weighted by atomic mass is 9.96. The molecule has 2 fully saturated rings. The summed E-state index contributed by atoms with van der Waals surface area (Å²) in [6.07, 6.45) is 7.38. The smallest absolute Gasteiger partial charge is 0.128 e. The molecular formula is C17H28N4. The van der Waals surface area contributed by atoms with Crippen molar-refractivity contribution in [2.24, 2.45) is 5.92 Å². The summed E-state index contributed by atoms with van der Waals surface area (Å²) in [6.45, 7) is 7.21. The molecule has 2 saturated heterocycles. The Kier molecular flexibility index (Phi) is 5.09. The normalized spacial score (nSPS) is 21.1. The Morgan fingerprint density at radius 3 is 2.67 bits per heavy atom. The third-order valence-corrected chi connectivity index (χ3v) is 4.84. The fourth-order valence-electron chi connectivity index (χ4n) is 3.62. The molecule has 0 aromatic carbocycles. The second kappa shape index (κ2) is 7.23. The highest BCUT2D eigenvalue weighted by molar-refractivity contribution is 5.41. The molecule has 0 unspecified atom stereocenters. The number of anilines is 1. The summed E-state index contributed by atoms with van der Waals surface area (Å²) in [4.78, 5) is 9.68. The van der Waals surface area contributed by atoms with E-state index in [4.69, 9.17) is 0 Å². The molecule has 1 aromatic heterocycles. The van der Waals surface area contributed by atoms with Crippen LogP contribution >= 0.6 is 0 Å². The first-order valence-corrected chi connectivity index (χ1v) is 8.42. The van der Waals surface area contributed by atoms with Crippen LogP contribution in [0.25, 0.3) is 0 Å². The number of aromatic nitrogens is 1. The predicted molar refractivity (Wildman–Crippen MR) is 87.6 cm³/mol. The van der Waals surface area contributed by atoms with Crippen molar-refractivity contribution in [1.82, 2.24) is 15.2 Å². The zero-order chi connectivity index (χ0) is 14.5. The van der Waals surface area contributed by atoms with Gasteiger partial charge in [0.2, 0.25) is 0 Å². The summed E-state index contributed by atoms with van der Waals surface area (Å²) in [5.74, 6) is 2.04. The van der Waals surface area contributed by atoms with Crippen molar-refractivity contribution in [3.8, 4) is 0 Å². The van der Waals surface area contributed by atoms with Crippen molar-refractivity contribution < 1.29 is 0 Å². The van der Waals surface area contributed by atoms with Crippen LogP contribution in [0.15, 0.2) is 18.3 Å². The molecule has 0 aliphatic carbocycles. The second-order valence-electron chi connectivity index (χ2n) is 6.49. The van der Waals surface area contributed by atoms with Gasteiger partial charge >= 0.3 is 0 Å². The molecule has 1 N–H and O–H groups in total. The van der Waals surface area contributed by atoms with Gasteiger partial charge in [-0.1, -0.05) is 0 Å². The van der Waals surface area contributed by atoms with E-state index in [-0.39, 0.29) is 0 Å². The molecule has 116 valence electrons. The highest BCUT2D eigenvalue weighted by atomic mass is 15.2. The molecular weight excluding hydrogens is 260 g/mol. The third kappa shape index (κ3) is 3.95. The van der Waals surface area contributed by atoms with Gasteiger partial charge < -0.3 is 15.1 Å². The standard InChI is InChI=1S/C17H28N4/c1-18-13-16-4-7-19-17(12-16)21-10-5-15(6-11-21)14-20-8-2-3-9-20/h4,7,12,15,18H,2-3,5-6,8-11,13-14H2,1H3. The Morgan fingerprint density at radius 2 is 1.95 bits per heavy atom. The van der Waals surface area contributed by atoms with E-state index in [1.165, 1.54) is 50.9 Å². The van der Waals surface area contributed by atoms with E-state index in [1.54, 1.807) is 0 Å². The number of likely N-dealkylation sites (tertiary alicyclic amines) is 1. The van der Waals surface area contributed by atoms with Crippen molar-refractivity contribution >= 4 is 5.82 Å². The molecule has 0 spiro atoms. The van der Waals surface area contributed by atoms with E-state index in [9.17, 15) is 0 Å². The number of pyridine rings is 1. The molecule has 3 rings (SSSR count). The number of piperidine rings is 1. The first-order valence-electron chi connectivity index (χ1n) is 8.42. The van der Waals surface area contributed by atoms with Crippen molar-refractivity contribution in [2.75, 3.05) is 44.7 Å². The van der Waals surface area contributed by atoms with E-state index in [0.29, 0.717) is 0 Å². The zero-order valence-electron chi connectivity index (χ0n) is 13.2. The van der Waals surface area contributed by atoms with Crippen molar-refractivity contribution in [3.05, 3.63) is 23.9 Å². The van der Waals surface area contributed by atoms with E-state index in [0.717, 1.165) is 31.4 Å². The van der Waals surface area contributed by atoms with Gasteiger partial charge in [0.25, 0.3) is 0 Å². The van der Waals surface area contributed by atoms with E-state index < -0.39 is 0 Å². The highest BCUT2D eigenvalue weighted by Crippen LogP contribution is 2.24. The Bertz CT molecular complexity index is 434. The molecule has 2 aliphatic rings. The van der Waals surface area contributed by atoms with Crippen molar-refractivity contribution in [2.45, 2.75) is 32.2 Å². The second-order valence-corrected chi connectivity index (χ2v) is 6.49. The minimum Gasteiger partial charge on any atom is -0.357 e. The van der Waals surface area contributed by atoms with Gasteiger partial charge in [-0.2, -0.15) is 0 Å². The van der Waals surface area contributed by atoms with Gasteiger partial charge in [0.15, 0.2) is 0 Å². The number of rotatable bonds is 5. The van der Waals surface area contributed by atoms with Crippen molar-refractivity contribution in [3.63, 3.8) is 0 Å². The first-order chi connectivity index (χ1) is 10.3. The summed E-state index contributed by atoms with van der Waals surface area (Å²) in [6, 6.07) is 4.33. The summed E-state index contributed by atoms with van der Waals surface area (Å²) in [5.41, 5.74) is 1.32. The van der Waals surface area contributed by atoms with Crippen LogP contribution in [-0.4, -0.2) is 49.7 Å². The molecule has 3 heterocycles. The summed E-state index contributed by atoms with van der Waals surface area (Å²) in [5, 5.41) is 3.21. The van der Waals surface area contributed by atoms with Gasteiger partial charge in [-0.15, -0.1) is 0 Å². The largest absolute Gasteiger partial charge is 0.357 e. The molecule has 4 nitrogen and oxygen atoms in total. The molecule has 0 radical (unpaired) electrons. The third-order valence-electron chi connectivity index (χ3n) is 4.84. The lowest BCUT2D eigenvalue weighted by Gasteiger charge is -2.34. The van der Waals surface area contributed by atoms with Crippen LogP contribution < -0.4 is 10.2 Å². The number of hydrogen-bond acceptors (Lipinski definition) is 4. The Morgan fingerprint density at radius 1 is 1.19 bits per heavy atom. The Labute approximate surface area is 128 Å². The van der Waals surface area contributed by atoms with E-state index >= 15 is 0 Å². The van der Waals surface area contributed by atoms with Crippen LogP contribution in [0.1, 0.15) is 31.2 Å². The van der Waals surface area contributed by atoms with Gasteiger partial charge in [0.1, 0.15) is 5.82 Å². The molecule has 0 bridgehead atoms. The topological polar surface area (TPSA) is 31.4 Å². The fraction of sp³-hybridized carbons (Fsp3) is 0.706. The Hall–Kier alpha value is -1.13. The van der Waals surface area contributed by atoms with Crippen LogP contribution in [0.3, 0.4) is 0 Å². The van der Waals surface area contributed by atoms with E-state index in [2.05, 4.69) is 32.2 Å². The number of nitrogens with one attached hydrogen (secondary N) is 1. The predicted octanol–water partition coefficient (Wildman–Crippen LogP) is 2.11. The summed E-state index contributed by atoms with van der Waals surface area (Å²) < 4.78 is 0. The van der Waals surface area contributed by atoms with Gasteiger partial charge in [0.05, 0.1) is 0 Å². The first kappa shape index (κ1) is 14.8. The van der Waals surface area contributed by atoms with Gasteiger partial charge in [-0.3, -0.25) is 0 Å². The van der Waals surface area contributed by atoms with Crippen LogP contribution in [-0.2, 0) is 6.54 Å². The molecule has 0 amide bonds. The fourth-order valence-corrected chi connectivity index (χ4v) is 3.62. The molecule has 0 saturated carbocycles. The van der Waals surface area contributed by atoms with Gasteiger partial charge in [0, 0.05) is 32.4 Å². The quantitative estimate of drug-likeness (QED) is 0.899. The summed E-state index contributed by atoms with van der Waals surface area (Å²) in [7, 11) is 1.99. The molecule has 0 atom stereocenters. The lowest BCUT2D eigenvalue weighted by Crippen LogP contribution is -2.38. The van der Waals surface area contributed by atoms with Crippen LogP contribution in [0.5, 0.6) is 0 Å².